The van der Waals surface area contributed by atoms with E-state index in [-0.39, 0.29) is 36.6 Å². The van der Waals surface area contributed by atoms with Gasteiger partial charge in [0.15, 0.2) is 0 Å². The summed E-state index contributed by atoms with van der Waals surface area (Å²) in [5.41, 5.74) is 2.37. The zero-order valence-electron chi connectivity index (χ0n) is 31.4. The molecule has 0 amide bonds. The Labute approximate surface area is 312 Å². The van der Waals surface area contributed by atoms with Crippen LogP contribution in [0.5, 0.6) is 23.0 Å². The van der Waals surface area contributed by atoms with Crippen molar-refractivity contribution < 1.29 is 38.0 Å². The molecule has 0 aliphatic heterocycles. The SMILES string of the molecule is CC(C)OC(=O)c1cc(OC(C)C)c(-c2cc3sc4cc(-c5c(OC(C)C)cc(C(=O)OC(C)C)cc5OC(C)C)sc4c3s2)c(OC(C)C)c1. The van der Waals surface area contributed by atoms with E-state index in [2.05, 4.69) is 12.1 Å². The summed E-state index contributed by atoms with van der Waals surface area (Å²) in [6.07, 6.45) is -1.07. The molecule has 0 fully saturated rings. The van der Waals surface area contributed by atoms with Crippen LogP contribution in [-0.4, -0.2) is 48.6 Å². The number of esters is 2. The normalized spacial score (nSPS) is 12.0. The molecule has 0 saturated carbocycles. The van der Waals surface area contributed by atoms with Crippen molar-refractivity contribution in [2.24, 2.45) is 0 Å². The molecule has 0 atom stereocenters. The van der Waals surface area contributed by atoms with E-state index in [4.69, 9.17) is 28.4 Å². The molecule has 0 saturated heterocycles. The van der Waals surface area contributed by atoms with Crippen LogP contribution in [0.4, 0.5) is 0 Å². The van der Waals surface area contributed by atoms with Crippen LogP contribution < -0.4 is 18.9 Å². The highest BCUT2D eigenvalue weighted by atomic mass is 32.1. The number of hydrogen-bond donors (Lipinski definition) is 0. The van der Waals surface area contributed by atoms with E-state index in [1.807, 2.05) is 83.1 Å². The third-order valence-electron chi connectivity index (χ3n) is 7.05. The second-order valence-corrected chi connectivity index (χ2v) is 17.2. The van der Waals surface area contributed by atoms with E-state index in [1.165, 1.54) is 0 Å². The monoisotopic (exact) mass is 752 g/mol. The Bertz CT molecular complexity index is 1820. The summed E-state index contributed by atoms with van der Waals surface area (Å²) < 4.78 is 41.0. The molecule has 11 heteroatoms. The molecule has 0 spiro atoms. The lowest BCUT2D eigenvalue weighted by Gasteiger charge is -2.20. The predicted octanol–water partition coefficient (Wildman–Crippen LogP) is 11.8. The number of carbonyl (C=O) groups is 2. The largest absolute Gasteiger partial charge is 0.490 e. The van der Waals surface area contributed by atoms with Crippen LogP contribution in [0.1, 0.15) is 104 Å². The third-order valence-corrected chi connectivity index (χ3v) is 10.9. The first-order valence-electron chi connectivity index (χ1n) is 17.4. The van der Waals surface area contributed by atoms with Gasteiger partial charge in [0.1, 0.15) is 23.0 Å². The van der Waals surface area contributed by atoms with Crippen LogP contribution in [0.15, 0.2) is 36.4 Å². The van der Waals surface area contributed by atoms with Gasteiger partial charge in [-0.2, -0.15) is 0 Å². The lowest BCUT2D eigenvalue weighted by atomic mass is 10.1. The number of benzene rings is 2. The maximum atomic E-state index is 13.0. The molecule has 3 heterocycles. The Morgan fingerprint density at radius 3 is 0.980 bits per heavy atom. The van der Waals surface area contributed by atoms with Crippen LogP contribution in [-0.2, 0) is 9.47 Å². The highest BCUT2D eigenvalue weighted by Crippen LogP contribution is 2.53. The van der Waals surface area contributed by atoms with Crippen molar-refractivity contribution in [1.29, 1.82) is 0 Å². The number of fused-ring (bicyclic) bond motifs is 3. The molecule has 0 radical (unpaired) electrons. The van der Waals surface area contributed by atoms with E-state index in [9.17, 15) is 9.59 Å². The van der Waals surface area contributed by atoms with Gasteiger partial charge in [-0.05, 0) is 119 Å². The smallest absolute Gasteiger partial charge is 0.338 e. The summed E-state index contributed by atoms with van der Waals surface area (Å²) >= 11 is 5.04. The lowest BCUT2D eigenvalue weighted by Crippen LogP contribution is -2.14. The minimum absolute atomic E-state index is 0.136. The first-order valence-corrected chi connectivity index (χ1v) is 19.9. The Kier molecular flexibility index (Phi) is 11.9. The summed E-state index contributed by atoms with van der Waals surface area (Å²) in [5, 5.41) is 0. The molecule has 0 aliphatic rings. The number of thiophene rings is 3. The first kappa shape index (κ1) is 38.4. The van der Waals surface area contributed by atoms with Crippen LogP contribution in [0, 0.1) is 0 Å². The zero-order chi connectivity index (χ0) is 37.3. The van der Waals surface area contributed by atoms with Gasteiger partial charge in [-0.25, -0.2) is 9.59 Å². The second kappa shape index (κ2) is 15.8. The van der Waals surface area contributed by atoms with Gasteiger partial charge in [-0.15, -0.1) is 34.0 Å². The predicted molar refractivity (Wildman–Crippen MR) is 210 cm³/mol. The fourth-order valence-corrected chi connectivity index (χ4v) is 9.57. The summed E-state index contributed by atoms with van der Waals surface area (Å²) in [6, 6.07) is 11.4. The molecule has 8 nitrogen and oxygen atoms in total. The average molecular weight is 753 g/mol. The van der Waals surface area contributed by atoms with E-state index in [1.54, 1.807) is 58.3 Å². The topological polar surface area (TPSA) is 89.5 Å². The van der Waals surface area contributed by atoms with Crippen molar-refractivity contribution in [3.8, 4) is 43.9 Å². The molecule has 0 unspecified atom stereocenters. The summed E-state index contributed by atoms with van der Waals surface area (Å²) in [7, 11) is 0. The van der Waals surface area contributed by atoms with E-state index in [0.29, 0.717) is 34.1 Å². The van der Waals surface area contributed by atoms with E-state index < -0.39 is 11.9 Å². The van der Waals surface area contributed by atoms with Crippen LogP contribution >= 0.6 is 34.0 Å². The van der Waals surface area contributed by atoms with Crippen molar-refractivity contribution in [2.75, 3.05) is 0 Å². The molecule has 3 aromatic heterocycles. The number of carbonyl (C=O) groups excluding carboxylic acids is 2. The minimum Gasteiger partial charge on any atom is -0.490 e. The maximum Gasteiger partial charge on any atom is 0.338 e. The molecular weight excluding hydrogens is 705 g/mol. The van der Waals surface area contributed by atoms with Crippen LogP contribution in [0.25, 0.3) is 39.7 Å². The Balaban J connectivity index is 1.68. The fourth-order valence-electron chi connectivity index (χ4n) is 5.43. The van der Waals surface area contributed by atoms with Gasteiger partial charge in [-0.3, -0.25) is 0 Å². The molecule has 5 rings (SSSR count). The Hall–Kier alpha value is -3.80. The van der Waals surface area contributed by atoms with Gasteiger partial charge in [0.05, 0.1) is 68.3 Å². The number of rotatable bonds is 14. The molecule has 2 aromatic carbocycles. The molecular formula is C40H48O8S3. The zero-order valence-corrected chi connectivity index (χ0v) is 33.9. The molecule has 5 aromatic rings. The van der Waals surface area contributed by atoms with Crippen molar-refractivity contribution in [1.82, 2.24) is 0 Å². The molecule has 0 N–H and O–H groups in total. The van der Waals surface area contributed by atoms with Gasteiger partial charge < -0.3 is 28.4 Å². The summed E-state index contributed by atoms with van der Waals surface area (Å²) in [4.78, 5) is 28.0. The van der Waals surface area contributed by atoms with Crippen LogP contribution in [0.3, 0.4) is 0 Å². The molecule has 0 bridgehead atoms. The van der Waals surface area contributed by atoms with Gasteiger partial charge in [0, 0.05) is 19.2 Å². The molecule has 274 valence electrons. The van der Waals surface area contributed by atoms with Gasteiger partial charge >= 0.3 is 11.9 Å². The highest BCUT2D eigenvalue weighted by molar-refractivity contribution is 7.40. The van der Waals surface area contributed by atoms with Gasteiger partial charge in [0.2, 0.25) is 0 Å². The second-order valence-electron chi connectivity index (χ2n) is 14.0. The van der Waals surface area contributed by atoms with E-state index in [0.717, 1.165) is 39.7 Å². The van der Waals surface area contributed by atoms with Gasteiger partial charge in [0.25, 0.3) is 0 Å². The quantitative estimate of drug-likeness (QED) is 0.104. The third kappa shape index (κ3) is 8.99. The lowest BCUT2D eigenvalue weighted by molar-refractivity contribution is 0.0366. The highest BCUT2D eigenvalue weighted by Gasteiger charge is 2.27. The van der Waals surface area contributed by atoms with Gasteiger partial charge in [-0.1, -0.05) is 0 Å². The molecule has 51 heavy (non-hydrogen) atoms. The van der Waals surface area contributed by atoms with Crippen molar-refractivity contribution in [2.45, 2.75) is 120 Å². The fraction of sp³-hybridized carbons (Fsp3) is 0.450. The standard InChI is InChI=1S/C40H48O8S3/c1-19(2)43-27-13-25(39(41)47-23(9)10)14-28(44-20(3)4)35(27)31-17-33-37(50-31)38-34(49-33)18-32(51-38)36-29(45-21(5)6)15-26(40(42)48-24(11)12)16-30(36)46-22(7)8/h13-24H,1-12H3. The summed E-state index contributed by atoms with van der Waals surface area (Å²) in [6.45, 7) is 23.0. The van der Waals surface area contributed by atoms with Crippen molar-refractivity contribution in [3.05, 3.63) is 47.5 Å². The average Bonchev–Trinajstić information content (AvgIpc) is 3.66. The maximum absolute atomic E-state index is 13.0. The van der Waals surface area contributed by atoms with E-state index >= 15 is 0 Å². The number of hydrogen-bond acceptors (Lipinski definition) is 11. The van der Waals surface area contributed by atoms with Crippen molar-refractivity contribution in [3.63, 3.8) is 0 Å². The van der Waals surface area contributed by atoms with Crippen LogP contribution in [0.2, 0.25) is 0 Å². The molecule has 0 aliphatic carbocycles. The Morgan fingerprint density at radius 2 is 0.725 bits per heavy atom. The summed E-state index contributed by atoms with van der Waals surface area (Å²) in [5.74, 6) is 1.42. The minimum atomic E-state index is -0.426. The Morgan fingerprint density at radius 1 is 0.431 bits per heavy atom. The van der Waals surface area contributed by atoms with Crippen molar-refractivity contribution >= 4 is 64.7 Å². The first-order chi connectivity index (χ1) is 24.0. The number of ether oxygens (including phenoxy) is 6.